The number of halogens is 1. The lowest BCUT2D eigenvalue weighted by Gasteiger charge is -2.23. The highest BCUT2D eigenvalue weighted by Gasteiger charge is 2.14. The van der Waals surface area contributed by atoms with E-state index in [4.69, 9.17) is 5.73 Å². The molecule has 20 heavy (non-hydrogen) atoms. The fraction of sp³-hybridized carbons (Fsp3) is 0.312. The Hall–Kier alpha value is -1.94. The summed E-state index contributed by atoms with van der Waals surface area (Å²) in [6.07, 6.45) is 4.18. The van der Waals surface area contributed by atoms with Gasteiger partial charge in [-0.3, -0.25) is 4.98 Å². The van der Waals surface area contributed by atoms with Crippen LogP contribution in [-0.4, -0.2) is 18.1 Å². The number of nitrogens with two attached hydrogens (primary N) is 1. The van der Waals surface area contributed by atoms with Crippen LogP contribution in [-0.2, 0) is 13.0 Å². The van der Waals surface area contributed by atoms with E-state index in [1.807, 2.05) is 37.1 Å². The van der Waals surface area contributed by atoms with Crippen LogP contribution in [0.4, 0.5) is 10.1 Å². The molecule has 0 radical (unpaired) electrons. The first kappa shape index (κ1) is 14.5. The molecule has 1 heterocycles. The fourth-order valence-corrected chi connectivity index (χ4v) is 2.34. The molecule has 3 nitrogen and oxygen atoms in total. The first-order chi connectivity index (χ1) is 9.58. The van der Waals surface area contributed by atoms with Crippen molar-refractivity contribution in [2.24, 2.45) is 5.73 Å². The van der Waals surface area contributed by atoms with Gasteiger partial charge in [0.1, 0.15) is 5.82 Å². The SMILES string of the molecule is CC(N)Cc1cccc(F)c1N(C)Cc1cccnc1. The molecule has 2 rings (SSSR count). The molecule has 0 bridgehead atoms. The van der Waals surface area contributed by atoms with E-state index >= 15 is 0 Å². The van der Waals surface area contributed by atoms with Crippen molar-refractivity contribution in [1.82, 2.24) is 4.98 Å². The van der Waals surface area contributed by atoms with Gasteiger partial charge in [-0.25, -0.2) is 4.39 Å². The maximum atomic E-state index is 14.2. The van der Waals surface area contributed by atoms with Gasteiger partial charge in [0, 0.05) is 32.0 Å². The van der Waals surface area contributed by atoms with Crippen LogP contribution in [0.3, 0.4) is 0 Å². The summed E-state index contributed by atoms with van der Waals surface area (Å²) in [7, 11) is 1.89. The van der Waals surface area contributed by atoms with Crippen molar-refractivity contribution < 1.29 is 4.39 Å². The van der Waals surface area contributed by atoms with Crippen molar-refractivity contribution >= 4 is 5.69 Å². The van der Waals surface area contributed by atoms with Crippen LogP contribution in [0.5, 0.6) is 0 Å². The van der Waals surface area contributed by atoms with Crippen LogP contribution in [0.1, 0.15) is 18.1 Å². The van der Waals surface area contributed by atoms with Crippen LogP contribution in [0.25, 0.3) is 0 Å². The van der Waals surface area contributed by atoms with E-state index in [1.165, 1.54) is 6.07 Å². The van der Waals surface area contributed by atoms with Gasteiger partial charge in [0.15, 0.2) is 0 Å². The van der Waals surface area contributed by atoms with Gasteiger partial charge in [-0.1, -0.05) is 18.2 Å². The molecular weight excluding hydrogens is 253 g/mol. The zero-order valence-corrected chi connectivity index (χ0v) is 11.9. The van der Waals surface area contributed by atoms with Crippen LogP contribution in [0, 0.1) is 5.82 Å². The second-order valence-corrected chi connectivity index (χ2v) is 5.15. The molecule has 2 N–H and O–H groups in total. The molecule has 1 aromatic heterocycles. The normalized spacial score (nSPS) is 12.2. The number of pyridine rings is 1. The molecule has 1 unspecified atom stereocenters. The lowest BCUT2D eigenvalue weighted by atomic mass is 10.0. The number of aromatic nitrogens is 1. The van der Waals surface area contributed by atoms with Crippen molar-refractivity contribution in [1.29, 1.82) is 0 Å². The number of anilines is 1. The molecule has 2 aromatic rings. The van der Waals surface area contributed by atoms with Crippen LogP contribution in [0.2, 0.25) is 0 Å². The predicted molar refractivity (Wildman–Crippen MR) is 80.1 cm³/mol. The number of hydrogen-bond acceptors (Lipinski definition) is 3. The van der Waals surface area contributed by atoms with E-state index in [1.54, 1.807) is 18.5 Å². The molecule has 0 spiro atoms. The standard InChI is InChI=1S/C16H20FN3/c1-12(18)9-14-6-3-7-15(17)16(14)20(2)11-13-5-4-8-19-10-13/h3-8,10,12H,9,11,18H2,1-2H3. The molecule has 0 saturated carbocycles. The zero-order chi connectivity index (χ0) is 14.5. The molecule has 4 heteroatoms. The smallest absolute Gasteiger partial charge is 0.146 e. The third kappa shape index (κ3) is 3.54. The first-order valence-electron chi connectivity index (χ1n) is 6.71. The predicted octanol–water partition coefficient (Wildman–Crippen LogP) is 2.75. The number of rotatable bonds is 5. The average Bonchev–Trinajstić information content (AvgIpc) is 2.39. The Morgan fingerprint density at radius 3 is 2.75 bits per heavy atom. The van der Waals surface area contributed by atoms with E-state index in [0.717, 1.165) is 11.1 Å². The molecule has 0 aliphatic carbocycles. The van der Waals surface area contributed by atoms with E-state index in [2.05, 4.69) is 4.98 Å². The van der Waals surface area contributed by atoms with Crippen molar-refractivity contribution in [3.05, 3.63) is 59.7 Å². The van der Waals surface area contributed by atoms with Crippen LogP contribution < -0.4 is 10.6 Å². The first-order valence-corrected chi connectivity index (χ1v) is 6.71. The number of nitrogens with zero attached hydrogens (tertiary/aromatic N) is 2. The van der Waals surface area contributed by atoms with E-state index in [0.29, 0.717) is 18.7 Å². The molecule has 0 fully saturated rings. The van der Waals surface area contributed by atoms with Gasteiger partial charge in [-0.05, 0) is 36.6 Å². The van der Waals surface area contributed by atoms with E-state index in [-0.39, 0.29) is 11.9 Å². The molecule has 0 aliphatic heterocycles. The quantitative estimate of drug-likeness (QED) is 0.911. The number of benzene rings is 1. The van der Waals surface area contributed by atoms with Gasteiger partial charge in [-0.2, -0.15) is 0 Å². The number of para-hydroxylation sites is 1. The average molecular weight is 273 g/mol. The lowest BCUT2D eigenvalue weighted by molar-refractivity contribution is 0.616. The van der Waals surface area contributed by atoms with E-state index < -0.39 is 0 Å². The molecule has 0 aliphatic rings. The summed E-state index contributed by atoms with van der Waals surface area (Å²) in [4.78, 5) is 5.99. The molecule has 106 valence electrons. The molecule has 0 amide bonds. The minimum atomic E-state index is -0.213. The minimum Gasteiger partial charge on any atom is -0.368 e. The summed E-state index contributed by atoms with van der Waals surface area (Å²) in [6.45, 7) is 2.54. The number of hydrogen-bond donors (Lipinski definition) is 1. The Morgan fingerprint density at radius 2 is 2.10 bits per heavy atom. The highest BCUT2D eigenvalue weighted by Crippen LogP contribution is 2.25. The lowest BCUT2D eigenvalue weighted by Crippen LogP contribution is -2.23. The summed E-state index contributed by atoms with van der Waals surface area (Å²) >= 11 is 0. The van der Waals surface area contributed by atoms with Gasteiger partial charge in [0.05, 0.1) is 5.69 Å². The van der Waals surface area contributed by atoms with Crippen molar-refractivity contribution in [3.8, 4) is 0 Å². The Bertz CT molecular complexity index is 555. The van der Waals surface area contributed by atoms with Crippen molar-refractivity contribution in [2.45, 2.75) is 25.9 Å². The summed E-state index contributed by atoms with van der Waals surface area (Å²) in [5, 5.41) is 0. The Balaban J connectivity index is 2.26. The topological polar surface area (TPSA) is 42.1 Å². The Kier molecular flexibility index (Phi) is 4.69. The zero-order valence-electron chi connectivity index (χ0n) is 11.9. The third-order valence-electron chi connectivity index (χ3n) is 3.14. The summed E-state index contributed by atoms with van der Waals surface area (Å²) in [5.41, 5.74) is 8.45. The third-order valence-corrected chi connectivity index (χ3v) is 3.14. The maximum absolute atomic E-state index is 14.2. The van der Waals surface area contributed by atoms with Crippen molar-refractivity contribution in [3.63, 3.8) is 0 Å². The van der Waals surface area contributed by atoms with Crippen LogP contribution >= 0.6 is 0 Å². The molecule has 1 aromatic carbocycles. The highest BCUT2D eigenvalue weighted by atomic mass is 19.1. The minimum absolute atomic E-state index is 0.00217. The Morgan fingerprint density at radius 1 is 1.30 bits per heavy atom. The molecular formula is C16H20FN3. The largest absolute Gasteiger partial charge is 0.368 e. The second-order valence-electron chi connectivity index (χ2n) is 5.15. The van der Waals surface area contributed by atoms with Gasteiger partial charge in [0.25, 0.3) is 0 Å². The molecule has 0 saturated heterocycles. The van der Waals surface area contributed by atoms with Crippen LogP contribution in [0.15, 0.2) is 42.7 Å². The second kappa shape index (κ2) is 6.48. The summed E-state index contributed by atoms with van der Waals surface area (Å²) in [6, 6.07) is 9.01. The monoisotopic (exact) mass is 273 g/mol. The fourth-order valence-electron chi connectivity index (χ4n) is 2.34. The van der Waals surface area contributed by atoms with Gasteiger partial charge in [0.2, 0.25) is 0 Å². The summed E-state index contributed by atoms with van der Waals surface area (Å²) < 4.78 is 14.2. The highest BCUT2D eigenvalue weighted by molar-refractivity contribution is 5.55. The molecule has 1 atom stereocenters. The maximum Gasteiger partial charge on any atom is 0.146 e. The van der Waals surface area contributed by atoms with Crippen molar-refractivity contribution in [2.75, 3.05) is 11.9 Å². The van der Waals surface area contributed by atoms with E-state index in [9.17, 15) is 4.39 Å². The Labute approximate surface area is 119 Å². The summed E-state index contributed by atoms with van der Waals surface area (Å²) in [5.74, 6) is -0.213. The van der Waals surface area contributed by atoms with Gasteiger partial charge < -0.3 is 10.6 Å². The van der Waals surface area contributed by atoms with Gasteiger partial charge in [-0.15, -0.1) is 0 Å². The van der Waals surface area contributed by atoms with Gasteiger partial charge >= 0.3 is 0 Å².